The average molecular weight is 312 g/mol. The summed E-state index contributed by atoms with van der Waals surface area (Å²) in [4.78, 5) is 11.4. The minimum Gasteiger partial charge on any atom is -0.481 e. The number of hydrogen-bond acceptors (Lipinski definition) is 2. The maximum absolute atomic E-state index is 9.00. The zero-order valence-electron chi connectivity index (χ0n) is 15.1. The van der Waals surface area contributed by atoms with E-state index in [9.17, 15) is 0 Å². The minimum absolute atomic E-state index is 0.833. The van der Waals surface area contributed by atoms with Crippen LogP contribution in [0.4, 0.5) is 0 Å². The second-order valence-electron chi connectivity index (χ2n) is 6.36. The molecule has 3 nitrogen and oxygen atoms in total. The molecule has 3 heteroatoms. The predicted octanol–water partition coefficient (Wildman–Crippen LogP) is 5.61. The first-order chi connectivity index (χ1) is 10.6. The summed E-state index contributed by atoms with van der Waals surface area (Å²) in [5.41, 5.74) is 1.59. The molecule has 1 fully saturated rings. The Morgan fingerprint density at radius 1 is 1.09 bits per heavy atom. The second kappa shape index (κ2) is 14.9. The van der Waals surface area contributed by atoms with Crippen molar-refractivity contribution in [3.8, 4) is 0 Å². The zero-order valence-corrected chi connectivity index (χ0v) is 15.1. The van der Waals surface area contributed by atoms with Crippen molar-refractivity contribution < 1.29 is 9.90 Å². The molecule has 0 bridgehead atoms. The lowest BCUT2D eigenvalue weighted by Crippen LogP contribution is -2.09. The predicted molar refractivity (Wildman–Crippen MR) is 95.1 cm³/mol. The third-order valence-corrected chi connectivity index (χ3v) is 4.10. The number of unbranched alkanes of at least 4 members (excludes halogenated alkanes) is 9. The zero-order chi connectivity index (χ0) is 16.6. The number of nitrogens with zero attached hydrogens (tertiary/aromatic N) is 1. The molecule has 130 valence electrons. The maximum Gasteiger partial charge on any atom is 0.300 e. The van der Waals surface area contributed by atoms with E-state index in [4.69, 9.17) is 9.90 Å². The molecule has 0 aromatic rings. The van der Waals surface area contributed by atoms with Crippen LogP contribution in [0, 0.1) is 0 Å². The Kier molecular flexibility index (Phi) is 14.3. The third-order valence-electron chi connectivity index (χ3n) is 4.10. The lowest BCUT2D eigenvalue weighted by molar-refractivity contribution is -0.134. The molecule has 0 unspecified atom stereocenters. The maximum atomic E-state index is 9.00. The first-order valence-electron chi connectivity index (χ1n) is 9.17. The van der Waals surface area contributed by atoms with Gasteiger partial charge in [-0.15, -0.1) is 0 Å². The second-order valence-corrected chi connectivity index (χ2v) is 6.36. The van der Waals surface area contributed by atoms with E-state index < -0.39 is 5.97 Å². The summed E-state index contributed by atoms with van der Waals surface area (Å²) < 4.78 is 0. The Labute approximate surface area is 137 Å². The lowest BCUT2D eigenvalue weighted by atomic mass is 10.1. The molecule has 1 heterocycles. The Hall–Kier alpha value is -0.990. The Morgan fingerprint density at radius 3 is 2.05 bits per heavy atom. The van der Waals surface area contributed by atoms with Crippen LogP contribution in [0.3, 0.4) is 0 Å². The van der Waals surface area contributed by atoms with Crippen LogP contribution in [-0.4, -0.2) is 29.6 Å². The van der Waals surface area contributed by atoms with E-state index in [1.54, 1.807) is 5.70 Å². The minimum atomic E-state index is -0.833. The van der Waals surface area contributed by atoms with E-state index in [0.717, 1.165) is 6.92 Å². The van der Waals surface area contributed by atoms with Gasteiger partial charge in [-0.1, -0.05) is 64.4 Å². The number of aliphatic carboxylic acids is 1. The number of rotatable bonds is 10. The van der Waals surface area contributed by atoms with E-state index in [1.165, 1.54) is 83.6 Å². The van der Waals surface area contributed by atoms with Crippen LogP contribution in [0.1, 0.15) is 90.9 Å². The third kappa shape index (κ3) is 14.0. The van der Waals surface area contributed by atoms with Gasteiger partial charge in [0.15, 0.2) is 0 Å². The summed E-state index contributed by atoms with van der Waals surface area (Å²) in [5.74, 6) is -0.833. The first-order valence-corrected chi connectivity index (χ1v) is 9.17. The standard InChI is InChI=1S/C17H33N.C2H4O2/c1-3-4-5-6-7-8-9-10-11-12-14-17-15-13-16-18(17)2;1-2(3)4/h14H,3-13,15-16H2,1-2H3;1H3,(H,3,4). The smallest absolute Gasteiger partial charge is 0.300 e. The molecule has 0 aromatic carbocycles. The van der Waals surface area contributed by atoms with Crippen LogP contribution in [0.15, 0.2) is 11.8 Å². The fourth-order valence-corrected chi connectivity index (χ4v) is 2.81. The van der Waals surface area contributed by atoms with Gasteiger partial charge in [-0.25, -0.2) is 0 Å². The first kappa shape index (κ1) is 21.0. The number of hydrogen-bond donors (Lipinski definition) is 1. The Bertz CT molecular complexity index is 296. The van der Waals surface area contributed by atoms with Crippen LogP contribution in [0.25, 0.3) is 0 Å². The molecule has 0 saturated carbocycles. The van der Waals surface area contributed by atoms with Crippen LogP contribution in [0.2, 0.25) is 0 Å². The number of carboxylic acids is 1. The molecule has 1 N–H and O–H groups in total. The highest BCUT2D eigenvalue weighted by molar-refractivity contribution is 5.62. The van der Waals surface area contributed by atoms with Gasteiger partial charge in [-0.05, 0) is 25.7 Å². The molecule has 1 saturated heterocycles. The van der Waals surface area contributed by atoms with Gasteiger partial charge in [-0.3, -0.25) is 4.79 Å². The SMILES string of the molecule is CC(=O)O.CCCCCCCCCCCC=C1CCCN1C. The molecule has 1 rings (SSSR count). The highest BCUT2D eigenvalue weighted by atomic mass is 16.4. The molecule has 0 aliphatic carbocycles. The van der Waals surface area contributed by atoms with Crippen molar-refractivity contribution in [1.82, 2.24) is 4.90 Å². The molecule has 22 heavy (non-hydrogen) atoms. The van der Waals surface area contributed by atoms with Crippen molar-refractivity contribution >= 4 is 5.97 Å². The van der Waals surface area contributed by atoms with E-state index >= 15 is 0 Å². The van der Waals surface area contributed by atoms with E-state index in [-0.39, 0.29) is 0 Å². The molecule has 0 radical (unpaired) electrons. The number of carboxylic acid groups (broad SMARTS) is 1. The van der Waals surface area contributed by atoms with Gasteiger partial charge in [0.1, 0.15) is 0 Å². The average Bonchev–Trinajstić information content (AvgIpc) is 2.86. The highest BCUT2D eigenvalue weighted by Crippen LogP contribution is 2.20. The quantitative estimate of drug-likeness (QED) is 0.533. The van der Waals surface area contributed by atoms with Gasteiger partial charge in [-0.2, -0.15) is 0 Å². The molecular formula is C19H37NO2. The molecule has 0 aromatic heterocycles. The van der Waals surface area contributed by atoms with Gasteiger partial charge in [0.2, 0.25) is 0 Å². The van der Waals surface area contributed by atoms with Crippen molar-refractivity contribution in [2.75, 3.05) is 13.6 Å². The number of likely N-dealkylation sites (tertiary alicyclic amines) is 1. The van der Waals surface area contributed by atoms with Gasteiger partial charge in [0, 0.05) is 26.2 Å². The summed E-state index contributed by atoms with van der Waals surface area (Å²) in [6.07, 6.45) is 19.4. The van der Waals surface area contributed by atoms with Gasteiger partial charge in [0.05, 0.1) is 0 Å². The normalized spacial score (nSPS) is 15.8. The number of carbonyl (C=O) groups is 1. The molecular weight excluding hydrogens is 274 g/mol. The topological polar surface area (TPSA) is 40.5 Å². The van der Waals surface area contributed by atoms with Crippen LogP contribution in [-0.2, 0) is 4.79 Å². The van der Waals surface area contributed by atoms with E-state index in [1.807, 2.05) is 0 Å². The van der Waals surface area contributed by atoms with Crippen LogP contribution >= 0.6 is 0 Å². The Balaban J connectivity index is 0.000000980. The molecule has 0 atom stereocenters. The van der Waals surface area contributed by atoms with Gasteiger partial charge >= 0.3 is 0 Å². The van der Waals surface area contributed by atoms with E-state index in [0.29, 0.717) is 0 Å². The molecule has 1 aliphatic heterocycles. The van der Waals surface area contributed by atoms with Crippen molar-refractivity contribution in [3.05, 3.63) is 11.8 Å². The highest BCUT2D eigenvalue weighted by Gasteiger charge is 2.10. The van der Waals surface area contributed by atoms with Gasteiger partial charge in [0.25, 0.3) is 5.97 Å². The van der Waals surface area contributed by atoms with Crippen LogP contribution < -0.4 is 0 Å². The Morgan fingerprint density at radius 2 is 1.59 bits per heavy atom. The van der Waals surface area contributed by atoms with Crippen molar-refractivity contribution in [2.45, 2.75) is 90.9 Å². The van der Waals surface area contributed by atoms with Gasteiger partial charge < -0.3 is 10.0 Å². The van der Waals surface area contributed by atoms with Crippen molar-refractivity contribution in [2.24, 2.45) is 0 Å². The summed E-state index contributed by atoms with van der Waals surface area (Å²) in [6.45, 7) is 4.64. The summed E-state index contributed by atoms with van der Waals surface area (Å²) in [6, 6.07) is 0. The van der Waals surface area contributed by atoms with Crippen molar-refractivity contribution in [3.63, 3.8) is 0 Å². The number of allylic oxidation sites excluding steroid dienone is 2. The summed E-state index contributed by atoms with van der Waals surface area (Å²) in [5, 5.41) is 7.42. The summed E-state index contributed by atoms with van der Waals surface area (Å²) in [7, 11) is 2.23. The van der Waals surface area contributed by atoms with Crippen molar-refractivity contribution in [1.29, 1.82) is 0 Å². The fraction of sp³-hybridized carbons (Fsp3) is 0.842. The monoisotopic (exact) mass is 311 g/mol. The molecule has 0 spiro atoms. The van der Waals surface area contributed by atoms with E-state index in [2.05, 4.69) is 24.9 Å². The molecule has 0 amide bonds. The molecule has 1 aliphatic rings. The largest absolute Gasteiger partial charge is 0.481 e. The lowest BCUT2D eigenvalue weighted by Gasteiger charge is -2.12. The van der Waals surface area contributed by atoms with Crippen LogP contribution in [0.5, 0.6) is 0 Å². The fourth-order valence-electron chi connectivity index (χ4n) is 2.81. The summed E-state index contributed by atoms with van der Waals surface area (Å²) >= 11 is 0.